The molecule has 0 atom stereocenters. The Labute approximate surface area is 121 Å². The maximum atomic E-state index is 5.95. The fraction of sp³-hybridized carbons (Fsp3) is 0.667. The molecule has 1 heterocycles. The van der Waals surface area contributed by atoms with Gasteiger partial charge in [-0.2, -0.15) is 11.8 Å². The van der Waals surface area contributed by atoms with E-state index in [0.717, 1.165) is 20.9 Å². The molecule has 0 amide bonds. The van der Waals surface area contributed by atoms with Gasteiger partial charge in [-0.15, -0.1) is 0 Å². The lowest BCUT2D eigenvalue weighted by Gasteiger charge is -2.08. The maximum absolute atomic E-state index is 5.95. The van der Waals surface area contributed by atoms with Crippen LogP contribution in [0.4, 0.5) is 5.82 Å². The molecule has 1 fully saturated rings. The molecule has 0 saturated heterocycles. The molecule has 0 aliphatic heterocycles. The van der Waals surface area contributed by atoms with E-state index in [2.05, 4.69) is 46.4 Å². The average Bonchev–Trinajstić information content (AvgIpc) is 3.06. The molecule has 0 unspecified atom stereocenters. The van der Waals surface area contributed by atoms with Gasteiger partial charge >= 0.3 is 0 Å². The SMILES string of the molecule is CC(C)CSCc1nc(N)c(I)c(C2CC2)n1. The van der Waals surface area contributed by atoms with Crippen molar-refractivity contribution in [3.63, 3.8) is 0 Å². The van der Waals surface area contributed by atoms with Gasteiger partial charge in [-0.05, 0) is 47.1 Å². The number of nitrogen functional groups attached to an aromatic ring is 1. The molecule has 1 aliphatic carbocycles. The van der Waals surface area contributed by atoms with Crippen LogP contribution in [-0.2, 0) is 5.75 Å². The van der Waals surface area contributed by atoms with Crippen LogP contribution in [0.3, 0.4) is 0 Å². The first-order valence-corrected chi connectivity index (χ1v) is 8.20. The Morgan fingerprint density at radius 3 is 2.71 bits per heavy atom. The van der Waals surface area contributed by atoms with Crippen LogP contribution in [0.2, 0.25) is 0 Å². The Kier molecular flexibility index (Phi) is 4.52. The van der Waals surface area contributed by atoms with Crippen molar-refractivity contribution < 1.29 is 0 Å². The fourth-order valence-corrected chi connectivity index (χ4v) is 3.19. The highest BCUT2D eigenvalue weighted by atomic mass is 127. The smallest absolute Gasteiger partial charge is 0.140 e. The van der Waals surface area contributed by atoms with Crippen molar-refractivity contribution in [2.45, 2.75) is 38.4 Å². The minimum atomic E-state index is 0.640. The molecule has 5 heteroatoms. The van der Waals surface area contributed by atoms with Crippen molar-refractivity contribution in [3.05, 3.63) is 15.1 Å². The summed E-state index contributed by atoms with van der Waals surface area (Å²) in [5, 5.41) is 0. The summed E-state index contributed by atoms with van der Waals surface area (Å²) in [5.74, 6) is 4.93. The van der Waals surface area contributed by atoms with Gasteiger partial charge in [0.25, 0.3) is 0 Å². The zero-order valence-electron chi connectivity index (χ0n) is 10.2. The summed E-state index contributed by atoms with van der Waals surface area (Å²) in [5.41, 5.74) is 7.13. The van der Waals surface area contributed by atoms with E-state index in [4.69, 9.17) is 5.73 Å². The van der Waals surface area contributed by atoms with E-state index < -0.39 is 0 Å². The summed E-state index contributed by atoms with van der Waals surface area (Å²) in [6, 6.07) is 0. The topological polar surface area (TPSA) is 51.8 Å². The highest BCUT2D eigenvalue weighted by Gasteiger charge is 2.28. The third-order valence-electron chi connectivity index (χ3n) is 2.60. The van der Waals surface area contributed by atoms with Crippen molar-refractivity contribution >= 4 is 40.2 Å². The number of hydrogen-bond donors (Lipinski definition) is 1. The van der Waals surface area contributed by atoms with Gasteiger partial charge < -0.3 is 5.73 Å². The van der Waals surface area contributed by atoms with Crippen LogP contribution < -0.4 is 5.73 Å². The molecule has 2 N–H and O–H groups in total. The minimum Gasteiger partial charge on any atom is -0.383 e. The number of rotatable bonds is 5. The number of thioether (sulfide) groups is 1. The number of aromatic nitrogens is 2. The molecule has 0 radical (unpaired) electrons. The second kappa shape index (κ2) is 5.73. The summed E-state index contributed by atoms with van der Waals surface area (Å²) in [6.45, 7) is 4.46. The van der Waals surface area contributed by atoms with Crippen LogP contribution in [0.1, 0.15) is 44.1 Å². The van der Waals surface area contributed by atoms with Crippen molar-refractivity contribution in [2.24, 2.45) is 5.92 Å². The van der Waals surface area contributed by atoms with Crippen molar-refractivity contribution in [1.29, 1.82) is 0 Å². The highest BCUT2D eigenvalue weighted by Crippen LogP contribution is 2.42. The summed E-state index contributed by atoms with van der Waals surface area (Å²) in [6.07, 6.45) is 2.51. The lowest BCUT2D eigenvalue weighted by molar-refractivity contribution is 0.749. The zero-order chi connectivity index (χ0) is 12.4. The minimum absolute atomic E-state index is 0.640. The molecule has 2 rings (SSSR count). The van der Waals surface area contributed by atoms with E-state index in [9.17, 15) is 0 Å². The van der Waals surface area contributed by atoms with Crippen LogP contribution >= 0.6 is 34.4 Å². The monoisotopic (exact) mass is 363 g/mol. The predicted molar refractivity (Wildman–Crippen MR) is 82.1 cm³/mol. The van der Waals surface area contributed by atoms with Crippen molar-refractivity contribution in [2.75, 3.05) is 11.5 Å². The molecule has 94 valence electrons. The van der Waals surface area contributed by atoms with E-state index in [0.29, 0.717) is 17.7 Å². The Morgan fingerprint density at radius 2 is 2.12 bits per heavy atom. The normalized spacial score (nSPS) is 15.5. The van der Waals surface area contributed by atoms with Gasteiger partial charge in [0.2, 0.25) is 0 Å². The molecule has 0 bridgehead atoms. The van der Waals surface area contributed by atoms with Crippen LogP contribution in [0.25, 0.3) is 0 Å². The Balaban J connectivity index is 2.07. The van der Waals surface area contributed by atoms with Crippen molar-refractivity contribution in [1.82, 2.24) is 9.97 Å². The summed E-state index contributed by atoms with van der Waals surface area (Å²) in [7, 11) is 0. The lowest BCUT2D eigenvalue weighted by Crippen LogP contribution is -2.06. The summed E-state index contributed by atoms with van der Waals surface area (Å²) >= 11 is 4.16. The molecule has 17 heavy (non-hydrogen) atoms. The summed E-state index contributed by atoms with van der Waals surface area (Å²) < 4.78 is 1.06. The molecule has 1 saturated carbocycles. The van der Waals surface area contributed by atoms with E-state index in [1.165, 1.54) is 18.5 Å². The maximum Gasteiger partial charge on any atom is 0.140 e. The van der Waals surface area contributed by atoms with Gasteiger partial charge in [-0.25, -0.2) is 9.97 Å². The highest BCUT2D eigenvalue weighted by molar-refractivity contribution is 14.1. The van der Waals surface area contributed by atoms with E-state index in [-0.39, 0.29) is 0 Å². The molecule has 1 aromatic heterocycles. The first kappa shape index (κ1) is 13.4. The first-order chi connectivity index (χ1) is 8.08. The Morgan fingerprint density at radius 1 is 1.41 bits per heavy atom. The summed E-state index contributed by atoms with van der Waals surface area (Å²) in [4.78, 5) is 9.05. The standard InChI is InChI=1S/C12H18IN3S/c1-7(2)5-17-6-9-15-11(8-3-4-8)10(13)12(14)16-9/h7-8H,3-6H2,1-2H3,(H2,14,15,16). The van der Waals surface area contributed by atoms with Crippen LogP contribution in [0.5, 0.6) is 0 Å². The van der Waals surface area contributed by atoms with Gasteiger partial charge in [0, 0.05) is 5.92 Å². The third kappa shape index (κ3) is 3.71. The Bertz CT molecular complexity index is 405. The number of anilines is 1. The van der Waals surface area contributed by atoms with Gasteiger partial charge in [-0.1, -0.05) is 13.8 Å². The van der Waals surface area contributed by atoms with E-state index in [1.807, 2.05) is 11.8 Å². The number of nitrogens with two attached hydrogens (primary N) is 1. The van der Waals surface area contributed by atoms with Gasteiger partial charge in [0.1, 0.15) is 11.6 Å². The second-order valence-electron chi connectivity index (χ2n) is 4.91. The molecular weight excluding hydrogens is 345 g/mol. The zero-order valence-corrected chi connectivity index (χ0v) is 13.2. The second-order valence-corrected chi connectivity index (χ2v) is 7.02. The Hall–Kier alpha value is -0.0400. The molecule has 1 aliphatic rings. The number of halogens is 1. The molecule has 1 aromatic rings. The lowest BCUT2D eigenvalue weighted by atomic mass is 10.3. The molecular formula is C12H18IN3S. The first-order valence-electron chi connectivity index (χ1n) is 5.97. The molecule has 0 spiro atoms. The number of hydrogen-bond acceptors (Lipinski definition) is 4. The predicted octanol–water partition coefficient (Wildman–Crippen LogP) is 3.43. The molecule has 3 nitrogen and oxygen atoms in total. The number of nitrogens with zero attached hydrogens (tertiary/aromatic N) is 2. The van der Waals surface area contributed by atoms with Gasteiger partial charge in [0.05, 0.1) is 15.0 Å². The van der Waals surface area contributed by atoms with E-state index >= 15 is 0 Å². The molecule has 0 aromatic carbocycles. The largest absolute Gasteiger partial charge is 0.383 e. The van der Waals surface area contributed by atoms with Gasteiger partial charge in [0.15, 0.2) is 0 Å². The van der Waals surface area contributed by atoms with Crippen LogP contribution in [0.15, 0.2) is 0 Å². The van der Waals surface area contributed by atoms with Crippen LogP contribution in [0, 0.1) is 9.49 Å². The van der Waals surface area contributed by atoms with Crippen molar-refractivity contribution in [3.8, 4) is 0 Å². The average molecular weight is 363 g/mol. The third-order valence-corrected chi connectivity index (χ3v) is 5.07. The fourth-order valence-electron chi connectivity index (χ4n) is 1.61. The van der Waals surface area contributed by atoms with E-state index in [1.54, 1.807) is 0 Å². The quantitative estimate of drug-likeness (QED) is 0.815. The van der Waals surface area contributed by atoms with Gasteiger partial charge in [-0.3, -0.25) is 0 Å². The van der Waals surface area contributed by atoms with Crippen LogP contribution in [-0.4, -0.2) is 15.7 Å².